The first kappa shape index (κ1) is 24.4. The van der Waals surface area contributed by atoms with E-state index in [1.807, 2.05) is 63.4 Å². The molecule has 1 aliphatic heterocycles. The Kier molecular flexibility index (Phi) is 6.38. The maximum Gasteiger partial charge on any atom is 0.295 e. The minimum absolute atomic E-state index is 0.0295. The summed E-state index contributed by atoms with van der Waals surface area (Å²) in [4.78, 5) is 31.4. The number of aryl methyl sites for hydroxylation is 1. The second-order valence-corrected chi connectivity index (χ2v) is 9.68. The van der Waals surface area contributed by atoms with Crippen LogP contribution in [-0.2, 0) is 16.0 Å². The van der Waals surface area contributed by atoms with Gasteiger partial charge in [-0.05, 0) is 66.3 Å². The Labute approximate surface area is 215 Å². The molecule has 1 aliphatic rings. The number of ether oxygens (including phenoxy) is 1. The number of H-pyrrole nitrogens is 1. The van der Waals surface area contributed by atoms with Gasteiger partial charge in [0, 0.05) is 29.2 Å². The highest BCUT2D eigenvalue weighted by molar-refractivity contribution is 6.46. The molecule has 0 bridgehead atoms. The molecule has 2 N–H and O–H groups in total. The highest BCUT2D eigenvalue weighted by Crippen LogP contribution is 2.41. The lowest BCUT2D eigenvalue weighted by atomic mass is 9.92. The number of furan rings is 1. The van der Waals surface area contributed by atoms with Crippen LogP contribution in [0.3, 0.4) is 0 Å². The third-order valence-electron chi connectivity index (χ3n) is 7.10. The van der Waals surface area contributed by atoms with Crippen LogP contribution < -0.4 is 4.74 Å². The predicted octanol–water partition coefficient (Wildman–Crippen LogP) is 5.87. The monoisotopic (exact) mass is 498 g/mol. The van der Waals surface area contributed by atoms with Crippen molar-refractivity contribution in [3.63, 3.8) is 0 Å². The third-order valence-corrected chi connectivity index (χ3v) is 7.10. The van der Waals surface area contributed by atoms with E-state index in [4.69, 9.17) is 9.15 Å². The van der Waals surface area contributed by atoms with Crippen LogP contribution in [0.5, 0.6) is 5.75 Å². The van der Waals surface area contributed by atoms with Crippen molar-refractivity contribution in [3.05, 3.63) is 94.6 Å². The Morgan fingerprint density at radius 2 is 1.95 bits per heavy atom. The molecule has 0 radical (unpaired) electrons. The lowest BCUT2D eigenvalue weighted by Gasteiger charge is -2.23. The number of aromatic nitrogens is 1. The second-order valence-electron chi connectivity index (χ2n) is 9.68. The Bertz CT molecular complexity index is 1510. The Balaban J connectivity index is 1.58. The molecule has 7 heteroatoms. The molecule has 0 saturated carbocycles. The zero-order chi connectivity index (χ0) is 26.3. The van der Waals surface area contributed by atoms with Gasteiger partial charge in [-0.3, -0.25) is 9.59 Å². The first-order chi connectivity index (χ1) is 17.8. The summed E-state index contributed by atoms with van der Waals surface area (Å²) in [6.45, 7) is 6.19. The van der Waals surface area contributed by atoms with Gasteiger partial charge in [-0.25, -0.2) is 0 Å². The van der Waals surface area contributed by atoms with Gasteiger partial charge in [0.05, 0.1) is 18.9 Å². The van der Waals surface area contributed by atoms with Gasteiger partial charge < -0.3 is 24.1 Å². The number of carbonyl (C=O) groups is 2. The van der Waals surface area contributed by atoms with Crippen molar-refractivity contribution >= 4 is 28.4 Å². The van der Waals surface area contributed by atoms with Crippen molar-refractivity contribution in [3.8, 4) is 5.75 Å². The largest absolute Gasteiger partial charge is 0.507 e. The average Bonchev–Trinajstić information content (AvgIpc) is 3.61. The quantitative estimate of drug-likeness (QED) is 0.189. The van der Waals surface area contributed by atoms with E-state index in [2.05, 4.69) is 4.98 Å². The van der Waals surface area contributed by atoms with E-state index in [9.17, 15) is 14.7 Å². The maximum atomic E-state index is 13.4. The SMILES string of the molecule is COc1cc(C)c(/C(O)=C2\C(=O)C(=O)N(CCc3c[nH]c4ccccc34)C2c2ccco2)cc1C(C)C. The van der Waals surface area contributed by atoms with Gasteiger partial charge in [-0.15, -0.1) is 0 Å². The van der Waals surface area contributed by atoms with Crippen LogP contribution in [0.4, 0.5) is 0 Å². The molecule has 3 heterocycles. The van der Waals surface area contributed by atoms with Gasteiger partial charge in [0.15, 0.2) is 0 Å². The number of hydrogen-bond donors (Lipinski definition) is 2. The van der Waals surface area contributed by atoms with Crippen LogP contribution in [0.25, 0.3) is 16.7 Å². The molecular formula is C30H30N2O5. The number of nitrogens with zero attached hydrogens (tertiary/aromatic N) is 1. The van der Waals surface area contributed by atoms with E-state index in [-0.39, 0.29) is 23.8 Å². The molecule has 2 aromatic heterocycles. The first-order valence-electron chi connectivity index (χ1n) is 12.4. The van der Waals surface area contributed by atoms with Gasteiger partial charge in [-0.1, -0.05) is 32.0 Å². The van der Waals surface area contributed by atoms with Crippen LogP contribution >= 0.6 is 0 Å². The summed E-state index contributed by atoms with van der Waals surface area (Å²) in [7, 11) is 1.61. The van der Waals surface area contributed by atoms with Gasteiger partial charge >= 0.3 is 0 Å². The summed E-state index contributed by atoms with van der Waals surface area (Å²) in [6.07, 6.45) is 3.97. The van der Waals surface area contributed by atoms with E-state index in [0.717, 1.165) is 27.6 Å². The molecule has 0 aliphatic carbocycles. The van der Waals surface area contributed by atoms with E-state index in [0.29, 0.717) is 23.5 Å². The number of carbonyl (C=O) groups excluding carboxylic acids is 2. The van der Waals surface area contributed by atoms with Crippen LogP contribution in [0, 0.1) is 6.92 Å². The minimum Gasteiger partial charge on any atom is -0.507 e. The number of aliphatic hydroxyl groups excluding tert-OH is 1. The normalized spacial score (nSPS) is 17.3. The smallest absolute Gasteiger partial charge is 0.295 e. The zero-order valence-corrected chi connectivity index (χ0v) is 21.4. The molecule has 190 valence electrons. The number of hydrogen-bond acceptors (Lipinski definition) is 5. The number of para-hydroxylation sites is 1. The topological polar surface area (TPSA) is 95.8 Å². The van der Waals surface area contributed by atoms with Crippen LogP contribution in [-0.4, -0.2) is 40.3 Å². The Hall–Kier alpha value is -4.26. The number of amides is 1. The van der Waals surface area contributed by atoms with Crippen LogP contribution in [0.1, 0.15) is 53.8 Å². The summed E-state index contributed by atoms with van der Waals surface area (Å²) in [5.74, 6) is -0.323. The molecular weight excluding hydrogens is 468 g/mol. The molecule has 1 atom stereocenters. The molecule has 4 aromatic rings. The molecule has 5 rings (SSSR count). The number of rotatable bonds is 7. The number of aromatic amines is 1. The van der Waals surface area contributed by atoms with Crippen molar-refractivity contribution in [1.82, 2.24) is 9.88 Å². The van der Waals surface area contributed by atoms with E-state index < -0.39 is 17.7 Å². The van der Waals surface area contributed by atoms with Crippen molar-refractivity contribution < 1.29 is 23.8 Å². The molecule has 1 unspecified atom stereocenters. The first-order valence-corrected chi connectivity index (χ1v) is 12.4. The fourth-order valence-electron chi connectivity index (χ4n) is 5.16. The second kappa shape index (κ2) is 9.65. The highest BCUT2D eigenvalue weighted by atomic mass is 16.5. The highest BCUT2D eigenvalue weighted by Gasteiger charge is 2.47. The van der Waals surface area contributed by atoms with E-state index in [1.54, 1.807) is 19.2 Å². The molecule has 1 saturated heterocycles. The molecule has 0 spiro atoms. The van der Waals surface area contributed by atoms with E-state index >= 15 is 0 Å². The zero-order valence-electron chi connectivity index (χ0n) is 21.4. The van der Waals surface area contributed by atoms with Crippen LogP contribution in [0.2, 0.25) is 0 Å². The molecule has 37 heavy (non-hydrogen) atoms. The molecule has 7 nitrogen and oxygen atoms in total. The standard InChI is InChI=1S/C30H30N2O5/c1-17(2)21-15-22(18(3)14-25(21)36-4)28(33)26-27(24-10-7-13-37-24)32(30(35)29(26)34)12-11-19-16-31-23-9-6-5-8-20(19)23/h5-10,13-17,27,31,33H,11-12H2,1-4H3/b28-26+. The fraction of sp³-hybridized carbons (Fsp3) is 0.267. The van der Waals surface area contributed by atoms with E-state index in [1.165, 1.54) is 11.2 Å². The van der Waals surface area contributed by atoms with Gasteiger partial charge in [0.1, 0.15) is 23.3 Å². The molecule has 2 aromatic carbocycles. The number of benzene rings is 2. The number of likely N-dealkylation sites (tertiary alicyclic amines) is 1. The van der Waals surface area contributed by atoms with Crippen molar-refractivity contribution in [2.75, 3.05) is 13.7 Å². The molecule has 1 fully saturated rings. The number of fused-ring (bicyclic) bond motifs is 1. The molecule has 1 amide bonds. The number of nitrogens with one attached hydrogen (secondary N) is 1. The van der Waals surface area contributed by atoms with Gasteiger partial charge in [0.25, 0.3) is 11.7 Å². The van der Waals surface area contributed by atoms with Gasteiger partial charge in [-0.2, -0.15) is 0 Å². The summed E-state index contributed by atoms with van der Waals surface area (Å²) < 4.78 is 11.2. The van der Waals surface area contributed by atoms with Crippen molar-refractivity contribution in [1.29, 1.82) is 0 Å². The summed E-state index contributed by atoms with van der Waals surface area (Å²) in [5.41, 5.74) is 4.22. The summed E-state index contributed by atoms with van der Waals surface area (Å²) in [6, 6.07) is 14.2. The lowest BCUT2D eigenvalue weighted by molar-refractivity contribution is -0.140. The number of ketones is 1. The van der Waals surface area contributed by atoms with Gasteiger partial charge in [0.2, 0.25) is 0 Å². The lowest BCUT2D eigenvalue weighted by Crippen LogP contribution is -2.31. The van der Waals surface area contributed by atoms with Crippen molar-refractivity contribution in [2.45, 2.75) is 39.2 Å². The fourth-order valence-corrected chi connectivity index (χ4v) is 5.16. The third kappa shape index (κ3) is 4.20. The summed E-state index contributed by atoms with van der Waals surface area (Å²) in [5, 5.41) is 12.6. The van der Waals surface area contributed by atoms with Crippen molar-refractivity contribution in [2.24, 2.45) is 0 Å². The number of methoxy groups -OCH3 is 1. The number of Topliss-reactive ketones (excluding diaryl/α,β-unsaturated/α-hetero) is 1. The Morgan fingerprint density at radius 3 is 2.65 bits per heavy atom. The van der Waals surface area contributed by atoms with Crippen LogP contribution in [0.15, 0.2) is 71.0 Å². The minimum atomic E-state index is -0.829. The maximum absolute atomic E-state index is 13.4. The Morgan fingerprint density at radius 1 is 1.16 bits per heavy atom. The summed E-state index contributed by atoms with van der Waals surface area (Å²) >= 11 is 0. The average molecular weight is 499 g/mol. The predicted molar refractivity (Wildman–Crippen MR) is 142 cm³/mol. The number of aliphatic hydroxyl groups is 1.